The predicted octanol–water partition coefficient (Wildman–Crippen LogP) is -0.349. The van der Waals surface area contributed by atoms with Gasteiger partial charge in [-0.2, -0.15) is 0 Å². The molecule has 0 aliphatic carbocycles. The molecule has 54 valence electrons. The van der Waals surface area contributed by atoms with E-state index in [4.69, 9.17) is 4.19 Å². The van der Waals surface area contributed by atoms with Gasteiger partial charge in [-0.15, -0.1) is 0 Å². The first kappa shape index (κ1) is 7.35. The van der Waals surface area contributed by atoms with Gasteiger partial charge in [0.2, 0.25) is 0 Å². The topological polar surface area (TPSA) is 49.3 Å². The summed E-state index contributed by atoms with van der Waals surface area (Å²) < 4.78 is 19.3. The molecule has 9 heavy (non-hydrogen) atoms. The summed E-state index contributed by atoms with van der Waals surface area (Å²) >= 11 is -2.42. The average molecular weight is 196 g/mol. The molecule has 1 aliphatic heterocycles. The summed E-state index contributed by atoms with van der Waals surface area (Å²) in [7, 11) is 0. The second-order valence-corrected chi connectivity index (χ2v) is 4.78. The molecule has 2 N–H and O–H groups in total. The molecule has 1 unspecified atom stereocenters. The standard InChI is InChI=1S/C5H11NO2Se/c7-9(8)5-1-3-6-4-2-5/h5-6H,1-4H2,(H,7,8). The third-order valence-electron chi connectivity index (χ3n) is 1.57. The third-order valence-corrected chi connectivity index (χ3v) is 3.76. The van der Waals surface area contributed by atoms with Gasteiger partial charge < -0.3 is 0 Å². The van der Waals surface area contributed by atoms with Crippen LogP contribution in [0.5, 0.6) is 0 Å². The molecule has 0 radical (unpaired) electrons. The van der Waals surface area contributed by atoms with E-state index in [9.17, 15) is 3.83 Å². The van der Waals surface area contributed by atoms with E-state index < -0.39 is 14.2 Å². The Labute approximate surface area is 58.9 Å². The van der Waals surface area contributed by atoms with Gasteiger partial charge in [-0.1, -0.05) is 0 Å². The Balaban J connectivity index is 2.31. The summed E-state index contributed by atoms with van der Waals surface area (Å²) in [5.74, 6) is 0. The van der Waals surface area contributed by atoms with Crippen LogP contribution < -0.4 is 5.32 Å². The van der Waals surface area contributed by atoms with Crippen LogP contribution in [0.3, 0.4) is 0 Å². The van der Waals surface area contributed by atoms with Gasteiger partial charge >= 0.3 is 58.3 Å². The van der Waals surface area contributed by atoms with Crippen molar-refractivity contribution in [2.24, 2.45) is 0 Å². The molecule has 1 rings (SSSR count). The Morgan fingerprint density at radius 2 is 2.00 bits per heavy atom. The molecular weight excluding hydrogens is 185 g/mol. The molecular formula is C5H11NO2Se. The van der Waals surface area contributed by atoms with Gasteiger partial charge in [-0.25, -0.2) is 0 Å². The fourth-order valence-corrected chi connectivity index (χ4v) is 2.34. The number of hydrogen-bond donors (Lipinski definition) is 2. The quantitative estimate of drug-likeness (QED) is 0.563. The Morgan fingerprint density at radius 3 is 2.33 bits per heavy atom. The Hall–Kier alpha value is 0.239. The van der Waals surface area contributed by atoms with Crippen molar-refractivity contribution >= 4 is 14.2 Å². The van der Waals surface area contributed by atoms with E-state index in [1.54, 1.807) is 0 Å². The van der Waals surface area contributed by atoms with Crippen LogP contribution in [0.1, 0.15) is 12.8 Å². The van der Waals surface area contributed by atoms with E-state index in [0.717, 1.165) is 25.9 Å². The molecule has 0 amide bonds. The van der Waals surface area contributed by atoms with E-state index in [2.05, 4.69) is 5.32 Å². The van der Waals surface area contributed by atoms with E-state index in [-0.39, 0.29) is 4.82 Å². The molecule has 1 aliphatic rings. The summed E-state index contributed by atoms with van der Waals surface area (Å²) in [4.78, 5) is 0.117. The van der Waals surface area contributed by atoms with Crippen molar-refractivity contribution in [1.82, 2.24) is 5.32 Å². The van der Waals surface area contributed by atoms with Gasteiger partial charge in [0.25, 0.3) is 0 Å². The van der Waals surface area contributed by atoms with Gasteiger partial charge in [0, 0.05) is 0 Å². The van der Waals surface area contributed by atoms with Crippen molar-refractivity contribution in [2.45, 2.75) is 17.7 Å². The predicted molar refractivity (Wildman–Crippen MR) is 34.5 cm³/mol. The number of nitrogens with one attached hydrogen (secondary N) is 1. The van der Waals surface area contributed by atoms with Gasteiger partial charge in [-0.3, -0.25) is 0 Å². The minimum atomic E-state index is -2.42. The Morgan fingerprint density at radius 1 is 1.44 bits per heavy atom. The first-order chi connectivity index (χ1) is 4.30. The van der Waals surface area contributed by atoms with Crippen LogP contribution >= 0.6 is 0 Å². The van der Waals surface area contributed by atoms with E-state index in [1.807, 2.05) is 0 Å². The normalized spacial score (nSPS) is 25.9. The molecule has 4 heteroatoms. The van der Waals surface area contributed by atoms with E-state index in [0.29, 0.717) is 0 Å². The maximum atomic E-state index is 10.5. The van der Waals surface area contributed by atoms with Crippen molar-refractivity contribution in [1.29, 1.82) is 0 Å². The monoisotopic (exact) mass is 197 g/mol. The zero-order valence-corrected chi connectivity index (χ0v) is 6.88. The summed E-state index contributed by atoms with van der Waals surface area (Å²) in [6.07, 6.45) is 1.76. The first-order valence-corrected chi connectivity index (χ1v) is 5.56. The molecule has 1 heterocycles. The zero-order chi connectivity index (χ0) is 6.69. The molecule has 1 saturated heterocycles. The van der Waals surface area contributed by atoms with E-state index in [1.165, 1.54) is 0 Å². The average Bonchev–Trinajstić information content (AvgIpc) is 1.90. The fraction of sp³-hybridized carbons (Fsp3) is 1.00. The van der Waals surface area contributed by atoms with Crippen LogP contribution in [-0.4, -0.2) is 31.4 Å². The third kappa shape index (κ3) is 2.14. The molecule has 0 aromatic heterocycles. The SMILES string of the molecule is O=[Se](O)C1CCNCC1. The summed E-state index contributed by atoms with van der Waals surface area (Å²) in [5.41, 5.74) is 0. The van der Waals surface area contributed by atoms with Crippen molar-refractivity contribution in [3.05, 3.63) is 0 Å². The zero-order valence-electron chi connectivity index (χ0n) is 5.17. The number of hydrogen-bond acceptors (Lipinski definition) is 2. The van der Waals surface area contributed by atoms with Crippen LogP contribution in [-0.2, 0) is 3.83 Å². The maximum absolute atomic E-state index is 10.5. The second kappa shape index (κ2) is 3.42. The van der Waals surface area contributed by atoms with Crippen molar-refractivity contribution in [2.75, 3.05) is 13.1 Å². The molecule has 0 spiro atoms. The molecule has 1 atom stereocenters. The summed E-state index contributed by atoms with van der Waals surface area (Å²) in [5, 5.41) is 3.14. The van der Waals surface area contributed by atoms with Crippen LogP contribution in [0.2, 0.25) is 4.82 Å². The van der Waals surface area contributed by atoms with Gasteiger partial charge in [0.15, 0.2) is 0 Å². The molecule has 0 aromatic carbocycles. The number of piperidine rings is 1. The molecule has 0 aromatic rings. The second-order valence-electron chi connectivity index (χ2n) is 2.23. The van der Waals surface area contributed by atoms with Gasteiger partial charge in [0.05, 0.1) is 0 Å². The first-order valence-electron chi connectivity index (χ1n) is 3.11. The summed E-state index contributed by atoms with van der Waals surface area (Å²) in [6, 6.07) is 0. The Bertz CT molecular complexity index is 112. The van der Waals surface area contributed by atoms with Gasteiger partial charge in [-0.05, 0) is 0 Å². The molecule has 0 saturated carbocycles. The van der Waals surface area contributed by atoms with Crippen molar-refractivity contribution < 1.29 is 8.02 Å². The number of rotatable bonds is 1. The summed E-state index contributed by atoms with van der Waals surface area (Å²) in [6.45, 7) is 1.82. The van der Waals surface area contributed by atoms with Crippen LogP contribution in [0.4, 0.5) is 0 Å². The van der Waals surface area contributed by atoms with Crippen LogP contribution in [0.25, 0.3) is 0 Å². The molecule has 1 fully saturated rings. The Kier molecular flexibility index (Phi) is 2.79. The minimum absolute atomic E-state index is 0.117. The van der Waals surface area contributed by atoms with Gasteiger partial charge in [0.1, 0.15) is 0 Å². The molecule has 0 bridgehead atoms. The van der Waals surface area contributed by atoms with Crippen LogP contribution in [0, 0.1) is 0 Å². The van der Waals surface area contributed by atoms with E-state index >= 15 is 0 Å². The molecule has 3 nitrogen and oxygen atoms in total. The fourth-order valence-electron chi connectivity index (χ4n) is 0.997. The van der Waals surface area contributed by atoms with Crippen molar-refractivity contribution in [3.63, 3.8) is 0 Å². The van der Waals surface area contributed by atoms with Crippen molar-refractivity contribution in [3.8, 4) is 0 Å². The van der Waals surface area contributed by atoms with Crippen LogP contribution in [0.15, 0.2) is 0 Å².